The Hall–Kier alpha value is -1.73. The SMILES string of the molecule is CCCCCCCN1CCN(C[C@H](O)c2ccnc3ccc(OC)cc23)[C@@H](CO)C1. The Balaban J connectivity index is 1.60. The summed E-state index contributed by atoms with van der Waals surface area (Å²) < 4.78 is 5.35. The van der Waals surface area contributed by atoms with Gasteiger partial charge in [0.1, 0.15) is 5.75 Å². The standard InChI is InChI=1S/C24H37N3O3/c1-3-4-5-6-7-12-26-13-14-27(19(16-26)18-28)17-24(29)21-10-11-25-23-9-8-20(30-2)15-22(21)23/h8-11,15,19,24,28-29H,3-7,12-14,16-18H2,1-2H3/t19-,24+/m1/s1. The first-order valence-electron chi connectivity index (χ1n) is 11.3. The molecule has 0 radical (unpaired) electrons. The molecule has 1 saturated heterocycles. The Morgan fingerprint density at radius 2 is 2.00 bits per heavy atom. The maximum Gasteiger partial charge on any atom is 0.119 e. The number of fused-ring (bicyclic) bond motifs is 1. The van der Waals surface area contributed by atoms with Crippen molar-refractivity contribution in [3.05, 3.63) is 36.0 Å². The summed E-state index contributed by atoms with van der Waals surface area (Å²) in [5.41, 5.74) is 1.70. The molecule has 0 saturated carbocycles. The fraction of sp³-hybridized carbons (Fsp3) is 0.625. The molecule has 2 N–H and O–H groups in total. The van der Waals surface area contributed by atoms with E-state index in [9.17, 15) is 10.2 Å². The number of rotatable bonds is 11. The highest BCUT2D eigenvalue weighted by molar-refractivity contribution is 5.83. The van der Waals surface area contributed by atoms with Crippen LogP contribution in [0.5, 0.6) is 5.75 Å². The molecule has 0 aliphatic carbocycles. The van der Waals surface area contributed by atoms with Crippen LogP contribution in [-0.2, 0) is 0 Å². The predicted molar refractivity (Wildman–Crippen MR) is 121 cm³/mol. The molecule has 2 aromatic rings. The first kappa shape index (κ1) is 22.9. The zero-order valence-electron chi connectivity index (χ0n) is 18.5. The summed E-state index contributed by atoms with van der Waals surface area (Å²) in [6, 6.07) is 7.68. The molecule has 30 heavy (non-hydrogen) atoms. The summed E-state index contributed by atoms with van der Waals surface area (Å²) in [6.45, 7) is 6.68. The minimum atomic E-state index is -0.641. The van der Waals surface area contributed by atoms with E-state index in [4.69, 9.17) is 4.74 Å². The quantitative estimate of drug-likeness (QED) is 0.549. The Labute approximate surface area is 180 Å². The van der Waals surface area contributed by atoms with E-state index in [1.54, 1.807) is 13.3 Å². The number of ether oxygens (including phenoxy) is 1. The van der Waals surface area contributed by atoms with Crippen molar-refractivity contribution >= 4 is 10.9 Å². The Kier molecular flexibility index (Phi) is 8.88. The number of hydrogen-bond acceptors (Lipinski definition) is 6. The van der Waals surface area contributed by atoms with E-state index in [1.165, 1.54) is 32.1 Å². The number of β-amino-alcohol motifs (C(OH)–C–C–N with tert-alkyl or cyclic N) is 1. The normalized spacial score (nSPS) is 19.3. The second-order valence-corrected chi connectivity index (χ2v) is 8.35. The van der Waals surface area contributed by atoms with Crippen molar-refractivity contribution < 1.29 is 14.9 Å². The number of methoxy groups -OCH3 is 1. The molecule has 6 nitrogen and oxygen atoms in total. The van der Waals surface area contributed by atoms with Crippen LogP contribution in [0.4, 0.5) is 0 Å². The highest BCUT2D eigenvalue weighted by Gasteiger charge is 2.28. The summed E-state index contributed by atoms with van der Waals surface area (Å²) in [7, 11) is 1.64. The second kappa shape index (κ2) is 11.6. The molecule has 1 aromatic carbocycles. The van der Waals surface area contributed by atoms with Gasteiger partial charge in [0.15, 0.2) is 0 Å². The Morgan fingerprint density at radius 1 is 1.17 bits per heavy atom. The van der Waals surface area contributed by atoms with Crippen LogP contribution in [0, 0.1) is 0 Å². The van der Waals surface area contributed by atoms with Crippen LogP contribution in [0.15, 0.2) is 30.5 Å². The molecule has 1 aliphatic heterocycles. The predicted octanol–water partition coefficient (Wildman–Crippen LogP) is 3.23. The van der Waals surface area contributed by atoms with E-state index in [2.05, 4.69) is 21.7 Å². The minimum Gasteiger partial charge on any atom is -0.497 e. The number of benzene rings is 1. The van der Waals surface area contributed by atoms with Crippen LogP contribution in [0.1, 0.15) is 50.7 Å². The highest BCUT2D eigenvalue weighted by Crippen LogP contribution is 2.28. The third-order valence-electron chi connectivity index (χ3n) is 6.23. The number of aliphatic hydroxyl groups excluding tert-OH is 2. The zero-order chi connectivity index (χ0) is 21.3. The molecule has 1 aliphatic rings. The number of aromatic nitrogens is 1. The van der Waals surface area contributed by atoms with E-state index in [0.717, 1.165) is 48.4 Å². The molecule has 0 unspecified atom stereocenters. The molecular weight excluding hydrogens is 378 g/mol. The number of pyridine rings is 1. The maximum absolute atomic E-state index is 11.0. The fourth-order valence-corrected chi connectivity index (χ4v) is 4.40. The maximum atomic E-state index is 11.0. The number of nitrogens with zero attached hydrogens (tertiary/aromatic N) is 3. The highest BCUT2D eigenvalue weighted by atomic mass is 16.5. The lowest BCUT2D eigenvalue weighted by molar-refractivity contribution is 0.00931. The van der Waals surface area contributed by atoms with Crippen molar-refractivity contribution in [1.29, 1.82) is 0 Å². The minimum absolute atomic E-state index is 0.0617. The van der Waals surface area contributed by atoms with Crippen molar-refractivity contribution in [2.45, 2.75) is 51.2 Å². The molecule has 1 fully saturated rings. The lowest BCUT2D eigenvalue weighted by Gasteiger charge is -2.41. The topological polar surface area (TPSA) is 69.1 Å². The van der Waals surface area contributed by atoms with E-state index in [0.29, 0.717) is 6.54 Å². The van der Waals surface area contributed by atoms with Gasteiger partial charge in [0.25, 0.3) is 0 Å². The fourth-order valence-electron chi connectivity index (χ4n) is 4.40. The van der Waals surface area contributed by atoms with Gasteiger partial charge in [0, 0.05) is 43.8 Å². The molecule has 3 rings (SSSR count). The average Bonchev–Trinajstić information content (AvgIpc) is 2.78. The van der Waals surface area contributed by atoms with Crippen LogP contribution < -0.4 is 4.74 Å². The van der Waals surface area contributed by atoms with Gasteiger partial charge in [-0.15, -0.1) is 0 Å². The van der Waals surface area contributed by atoms with Crippen molar-refractivity contribution in [2.24, 2.45) is 0 Å². The van der Waals surface area contributed by atoms with Crippen LogP contribution in [-0.4, -0.2) is 77.5 Å². The summed E-state index contributed by atoms with van der Waals surface area (Å²) >= 11 is 0. The van der Waals surface area contributed by atoms with E-state index in [1.807, 2.05) is 24.3 Å². The smallest absolute Gasteiger partial charge is 0.119 e. The number of unbranched alkanes of at least 4 members (excludes halogenated alkanes) is 4. The van der Waals surface area contributed by atoms with Gasteiger partial charge in [-0.05, 0) is 42.8 Å². The molecule has 1 aromatic heterocycles. The van der Waals surface area contributed by atoms with Crippen molar-refractivity contribution in [2.75, 3.05) is 46.4 Å². The summed E-state index contributed by atoms with van der Waals surface area (Å²) in [5, 5.41) is 21.9. The number of piperazine rings is 1. The molecule has 0 amide bonds. The molecular formula is C24H37N3O3. The molecule has 0 spiro atoms. The third-order valence-corrected chi connectivity index (χ3v) is 6.23. The molecule has 166 valence electrons. The largest absolute Gasteiger partial charge is 0.497 e. The van der Waals surface area contributed by atoms with E-state index >= 15 is 0 Å². The van der Waals surface area contributed by atoms with Crippen LogP contribution in [0.25, 0.3) is 10.9 Å². The van der Waals surface area contributed by atoms with Gasteiger partial charge >= 0.3 is 0 Å². The van der Waals surface area contributed by atoms with Crippen LogP contribution in [0.3, 0.4) is 0 Å². The van der Waals surface area contributed by atoms with Crippen molar-refractivity contribution in [3.8, 4) is 5.75 Å². The lowest BCUT2D eigenvalue weighted by atomic mass is 10.0. The van der Waals surface area contributed by atoms with Crippen LogP contribution in [0.2, 0.25) is 0 Å². The van der Waals surface area contributed by atoms with Gasteiger partial charge in [0.2, 0.25) is 0 Å². The average molecular weight is 416 g/mol. The first-order valence-corrected chi connectivity index (χ1v) is 11.3. The second-order valence-electron chi connectivity index (χ2n) is 8.35. The Bertz CT molecular complexity index is 785. The summed E-state index contributed by atoms with van der Waals surface area (Å²) in [4.78, 5) is 9.10. The van der Waals surface area contributed by atoms with Crippen LogP contribution >= 0.6 is 0 Å². The number of aliphatic hydroxyl groups is 2. The van der Waals surface area contributed by atoms with Gasteiger partial charge in [-0.2, -0.15) is 0 Å². The first-order chi connectivity index (χ1) is 14.7. The van der Waals surface area contributed by atoms with Crippen molar-refractivity contribution in [3.63, 3.8) is 0 Å². The monoisotopic (exact) mass is 415 g/mol. The Morgan fingerprint density at radius 3 is 2.77 bits per heavy atom. The van der Waals surface area contributed by atoms with Crippen molar-refractivity contribution in [1.82, 2.24) is 14.8 Å². The van der Waals surface area contributed by atoms with Gasteiger partial charge in [-0.3, -0.25) is 9.88 Å². The van der Waals surface area contributed by atoms with Gasteiger partial charge < -0.3 is 19.8 Å². The molecule has 0 bridgehead atoms. The van der Waals surface area contributed by atoms with Gasteiger partial charge in [-0.25, -0.2) is 0 Å². The molecule has 2 heterocycles. The van der Waals surface area contributed by atoms with E-state index in [-0.39, 0.29) is 12.6 Å². The third kappa shape index (κ3) is 5.91. The lowest BCUT2D eigenvalue weighted by Crippen LogP contribution is -2.55. The molecule has 2 atom stereocenters. The molecule has 6 heteroatoms. The van der Waals surface area contributed by atoms with E-state index < -0.39 is 6.10 Å². The summed E-state index contributed by atoms with van der Waals surface area (Å²) in [6.07, 6.45) is 7.52. The van der Waals surface area contributed by atoms with Gasteiger partial charge in [0.05, 0.1) is 25.3 Å². The number of hydrogen-bond donors (Lipinski definition) is 2. The summed E-state index contributed by atoms with van der Waals surface area (Å²) in [5.74, 6) is 0.754. The van der Waals surface area contributed by atoms with Gasteiger partial charge in [-0.1, -0.05) is 32.6 Å². The zero-order valence-corrected chi connectivity index (χ0v) is 18.5.